The highest BCUT2D eigenvalue weighted by atomic mass is 16.5. The minimum Gasteiger partial charge on any atom is -0.493 e. The molecule has 3 aromatic rings. The zero-order valence-electron chi connectivity index (χ0n) is 25.1. The van der Waals surface area contributed by atoms with E-state index in [1.165, 1.54) is 12.5 Å². The Morgan fingerprint density at radius 2 is 1.48 bits per heavy atom. The highest BCUT2D eigenvalue weighted by Gasteiger charge is 2.36. The molecule has 9 nitrogen and oxygen atoms in total. The Morgan fingerprint density at radius 1 is 0.833 bits per heavy atom. The molecule has 0 bridgehead atoms. The third-order valence-electron chi connectivity index (χ3n) is 7.64. The van der Waals surface area contributed by atoms with Gasteiger partial charge in [0.25, 0.3) is 0 Å². The number of ether oxygens (including phenoxy) is 4. The highest BCUT2D eigenvalue weighted by molar-refractivity contribution is 5.83. The van der Waals surface area contributed by atoms with Gasteiger partial charge in [0.05, 0.1) is 28.4 Å². The lowest BCUT2D eigenvalue weighted by Crippen LogP contribution is -2.44. The van der Waals surface area contributed by atoms with Crippen LogP contribution in [-0.2, 0) is 22.4 Å². The zero-order chi connectivity index (χ0) is 30.1. The third kappa shape index (κ3) is 7.15. The SMILES string of the molecule is COc1ccc(CC2c3cc(OC)c(OC)cc3CCCN2C(C(=O)NCCNC(C)=O)c2ccccc2)cc1OC. The Bertz CT molecular complexity index is 1360. The topological polar surface area (TPSA) is 98.4 Å². The molecular weight excluding hydrogens is 534 g/mol. The quantitative estimate of drug-likeness (QED) is 0.312. The van der Waals surface area contributed by atoms with Crippen molar-refractivity contribution in [2.75, 3.05) is 48.1 Å². The summed E-state index contributed by atoms with van der Waals surface area (Å²) in [5.41, 5.74) is 4.20. The van der Waals surface area contributed by atoms with Crippen LogP contribution in [0.2, 0.25) is 0 Å². The van der Waals surface area contributed by atoms with Crippen LogP contribution in [0.25, 0.3) is 0 Å². The van der Waals surface area contributed by atoms with Gasteiger partial charge in [-0.1, -0.05) is 36.4 Å². The summed E-state index contributed by atoms with van der Waals surface area (Å²) < 4.78 is 22.5. The average molecular weight is 576 g/mol. The molecule has 1 aliphatic rings. The van der Waals surface area contributed by atoms with Crippen LogP contribution in [0.1, 0.15) is 47.7 Å². The normalized spacial score (nSPS) is 15.5. The van der Waals surface area contributed by atoms with Gasteiger partial charge in [-0.2, -0.15) is 0 Å². The number of hydrogen-bond donors (Lipinski definition) is 2. The Morgan fingerprint density at radius 3 is 2.14 bits per heavy atom. The van der Waals surface area contributed by atoms with Crippen LogP contribution in [-0.4, -0.2) is 64.8 Å². The summed E-state index contributed by atoms with van der Waals surface area (Å²) >= 11 is 0. The van der Waals surface area contributed by atoms with E-state index in [0.29, 0.717) is 49.1 Å². The van der Waals surface area contributed by atoms with Crippen molar-refractivity contribution in [3.63, 3.8) is 0 Å². The lowest BCUT2D eigenvalue weighted by Gasteiger charge is -2.37. The molecule has 9 heteroatoms. The molecule has 3 aromatic carbocycles. The number of nitrogens with one attached hydrogen (secondary N) is 2. The predicted molar refractivity (Wildman–Crippen MR) is 161 cm³/mol. The molecule has 42 heavy (non-hydrogen) atoms. The Hall–Kier alpha value is -4.24. The molecule has 2 atom stereocenters. The maximum atomic E-state index is 14.0. The van der Waals surface area contributed by atoms with E-state index in [2.05, 4.69) is 27.7 Å². The van der Waals surface area contributed by atoms with Crippen molar-refractivity contribution in [2.45, 2.75) is 38.3 Å². The summed E-state index contributed by atoms with van der Waals surface area (Å²) in [6.45, 7) is 2.84. The van der Waals surface area contributed by atoms with Crippen molar-refractivity contribution in [3.8, 4) is 23.0 Å². The highest BCUT2D eigenvalue weighted by Crippen LogP contribution is 2.42. The summed E-state index contributed by atoms with van der Waals surface area (Å²) in [6.07, 6.45) is 2.30. The molecule has 0 radical (unpaired) electrons. The third-order valence-corrected chi connectivity index (χ3v) is 7.64. The van der Waals surface area contributed by atoms with Gasteiger partial charge in [0.2, 0.25) is 11.8 Å². The van der Waals surface area contributed by atoms with Gasteiger partial charge in [-0.25, -0.2) is 0 Å². The standard InChI is InChI=1S/C33H41N3O6/c1-22(37)34-15-16-35-33(38)32(24-10-7-6-8-11-24)36-17-9-12-25-20-30(41-4)31(42-5)21-26(25)27(36)18-23-13-14-28(39-2)29(19-23)40-3/h6-8,10-11,13-14,19-21,27,32H,9,12,15-18H2,1-5H3,(H,34,37)(H,35,38). The lowest BCUT2D eigenvalue weighted by atomic mass is 9.91. The molecule has 4 rings (SSSR count). The fraction of sp³-hybridized carbons (Fsp3) is 0.394. The van der Waals surface area contributed by atoms with E-state index in [-0.39, 0.29) is 17.9 Å². The van der Waals surface area contributed by atoms with Crippen LogP contribution < -0.4 is 29.6 Å². The molecule has 0 saturated heterocycles. The number of methoxy groups -OCH3 is 4. The number of benzene rings is 3. The largest absolute Gasteiger partial charge is 0.493 e. The number of amides is 2. The molecule has 0 fully saturated rings. The van der Waals surface area contributed by atoms with Gasteiger partial charge in [0.1, 0.15) is 6.04 Å². The fourth-order valence-electron chi connectivity index (χ4n) is 5.67. The van der Waals surface area contributed by atoms with Gasteiger partial charge in [0, 0.05) is 32.6 Å². The monoisotopic (exact) mass is 575 g/mol. The van der Waals surface area contributed by atoms with Crippen molar-refractivity contribution in [3.05, 3.63) is 82.9 Å². The molecule has 0 aromatic heterocycles. The summed E-state index contributed by atoms with van der Waals surface area (Å²) in [4.78, 5) is 27.6. The van der Waals surface area contributed by atoms with E-state index in [9.17, 15) is 9.59 Å². The van der Waals surface area contributed by atoms with Gasteiger partial charge in [-0.05, 0) is 65.8 Å². The van der Waals surface area contributed by atoms with Crippen molar-refractivity contribution in [1.82, 2.24) is 15.5 Å². The van der Waals surface area contributed by atoms with Gasteiger partial charge < -0.3 is 29.6 Å². The molecule has 2 unspecified atom stereocenters. The lowest BCUT2D eigenvalue weighted by molar-refractivity contribution is -0.128. The maximum Gasteiger partial charge on any atom is 0.242 e. The summed E-state index contributed by atoms with van der Waals surface area (Å²) in [5, 5.41) is 5.81. The van der Waals surface area contributed by atoms with E-state index in [4.69, 9.17) is 18.9 Å². The van der Waals surface area contributed by atoms with Crippen LogP contribution in [0, 0.1) is 0 Å². The van der Waals surface area contributed by atoms with Crippen molar-refractivity contribution >= 4 is 11.8 Å². The first kappa shape index (κ1) is 30.7. The molecular formula is C33H41N3O6. The molecule has 1 aliphatic heterocycles. The minimum atomic E-state index is -0.562. The number of nitrogens with zero attached hydrogens (tertiary/aromatic N) is 1. The Kier molecular flexibility index (Phi) is 10.7. The van der Waals surface area contributed by atoms with Crippen molar-refractivity contribution in [1.29, 1.82) is 0 Å². The summed E-state index contributed by atoms with van der Waals surface area (Å²) in [5.74, 6) is 2.39. The number of fused-ring (bicyclic) bond motifs is 1. The van der Waals surface area contributed by atoms with E-state index >= 15 is 0 Å². The van der Waals surface area contributed by atoms with E-state index < -0.39 is 6.04 Å². The summed E-state index contributed by atoms with van der Waals surface area (Å²) in [7, 11) is 6.53. The van der Waals surface area contributed by atoms with Crippen LogP contribution in [0.4, 0.5) is 0 Å². The number of aryl methyl sites for hydroxylation is 1. The van der Waals surface area contributed by atoms with Crippen LogP contribution in [0.5, 0.6) is 23.0 Å². The maximum absolute atomic E-state index is 14.0. The number of hydrogen-bond acceptors (Lipinski definition) is 7. The minimum absolute atomic E-state index is 0.118. The predicted octanol–water partition coefficient (Wildman–Crippen LogP) is 4.25. The first-order valence-electron chi connectivity index (χ1n) is 14.2. The number of rotatable bonds is 12. The number of carbonyl (C=O) groups is 2. The second-order valence-corrected chi connectivity index (χ2v) is 10.2. The van der Waals surface area contributed by atoms with Gasteiger partial charge in [-0.3, -0.25) is 14.5 Å². The molecule has 0 aliphatic carbocycles. The molecule has 1 heterocycles. The molecule has 224 valence electrons. The van der Waals surface area contributed by atoms with E-state index in [1.54, 1.807) is 28.4 Å². The first-order valence-corrected chi connectivity index (χ1v) is 14.2. The van der Waals surface area contributed by atoms with E-state index in [1.807, 2.05) is 48.5 Å². The molecule has 0 spiro atoms. The van der Waals surface area contributed by atoms with Crippen molar-refractivity contribution < 1.29 is 28.5 Å². The Labute approximate surface area is 248 Å². The second-order valence-electron chi connectivity index (χ2n) is 10.2. The molecule has 2 N–H and O–H groups in total. The fourth-order valence-corrected chi connectivity index (χ4v) is 5.67. The first-order chi connectivity index (χ1) is 20.4. The summed E-state index contributed by atoms with van der Waals surface area (Å²) in [6, 6.07) is 19.2. The van der Waals surface area contributed by atoms with Gasteiger partial charge in [-0.15, -0.1) is 0 Å². The smallest absolute Gasteiger partial charge is 0.242 e. The van der Waals surface area contributed by atoms with Crippen LogP contribution in [0.3, 0.4) is 0 Å². The molecule has 0 saturated carbocycles. The zero-order valence-corrected chi connectivity index (χ0v) is 25.1. The van der Waals surface area contributed by atoms with Gasteiger partial charge in [0.15, 0.2) is 23.0 Å². The molecule has 2 amide bonds. The Balaban J connectivity index is 1.81. The average Bonchev–Trinajstić information content (AvgIpc) is 3.17. The van der Waals surface area contributed by atoms with E-state index in [0.717, 1.165) is 29.5 Å². The van der Waals surface area contributed by atoms with Gasteiger partial charge >= 0.3 is 0 Å². The van der Waals surface area contributed by atoms with Crippen molar-refractivity contribution in [2.24, 2.45) is 0 Å². The number of carbonyl (C=O) groups excluding carboxylic acids is 2. The van der Waals surface area contributed by atoms with Crippen LogP contribution >= 0.6 is 0 Å². The van der Waals surface area contributed by atoms with Crippen LogP contribution in [0.15, 0.2) is 60.7 Å². The second kappa shape index (κ2) is 14.6.